The molecule has 2 atom stereocenters. The molecule has 3 N–H and O–H groups in total. The molecule has 1 aromatic carbocycles. The Bertz CT molecular complexity index is 1040. The normalized spacial score (nSPS) is 12.4. The molecule has 36 heavy (non-hydrogen) atoms. The smallest absolute Gasteiger partial charge is 0.272 e. The quantitative estimate of drug-likeness (QED) is 0.312. The Morgan fingerprint density at radius 1 is 1.17 bits per heavy atom. The van der Waals surface area contributed by atoms with Crippen molar-refractivity contribution in [3.05, 3.63) is 65.0 Å². The molecule has 0 radical (unpaired) electrons. The molecule has 7 nitrogen and oxygen atoms in total. The number of nitrogens with zero attached hydrogens (tertiary/aromatic N) is 2. The number of carbonyl (C=O) groups is 2. The van der Waals surface area contributed by atoms with Gasteiger partial charge in [-0.2, -0.15) is 0 Å². The Hall–Kier alpha value is -3.21. The number of benzene rings is 1. The summed E-state index contributed by atoms with van der Waals surface area (Å²) in [7, 11) is 1.74. The number of amides is 2. The van der Waals surface area contributed by atoms with Crippen molar-refractivity contribution >= 4 is 11.8 Å². The summed E-state index contributed by atoms with van der Waals surface area (Å²) < 4.78 is 0. The maximum absolute atomic E-state index is 13.3. The van der Waals surface area contributed by atoms with E-state index in [4.69, 9.17) is 0 Å². The van der Waals surface area contributed by atoms with Crippen molar-refractivity contribution in [3.63, 3.8) is 0 Å². The third-order valence-electron chi connectivity index (χ3n) is 5.67. The first-order chi connectivity index (χ1) is 17.2. The highest BCUT2D eigenvalue weighted by Gasteiger charge is 2.23. The topological polar surface area (TPSA) is 94.6 Å². The SMILES string of the molecule is CCCCN(C)C(=O)c1cc(C(=O)N[C@@H](Cc2ccccc2)[C@H](O)CNCC#CC(C)C)cc(C)n1. The molecule has 0 aliphatic heterocycles. The molecular weight excluding hydrogens is 452 g/mol. The predicted octanol–water partition coefficient (Wildman–Crippen LogP) is 3.21. The Balaban J connectivity index is 2.17. The Labute approximate surface area is 215 Å². The first kappa shape index (κ1) is 29.0. The number of aliphatic hydroxyl groups is 1. The molecule has 0 unspecified atom stereocenters. The first-order valence-corrected chi connectivity index (χ1v) is 12.7. The van der Waals surface area contributed by atoms with Gasteiger partial charge in [0.2, 0.25) is 0 Å². The zero-order valence-electron chi connectivity index (χ0n) is 22.2. The van der Waals surface area contributed by atoms with Crippen LogP contribution in [0.4, 0.5) is 0 Å². The van der Waals surface area contributed by atoms with Crippen molar-refractivity contribution in [2.24, 2.45) is 5.92 Å². The van der Waals surface area contributed by atoms with E-state index in [1.807, 2.05) is 44.2 Å². The van der Waals surface area contributed by atoms with Crippen LogP contribution in [0.25, 0.3) is 0 Å². The fraction of sp³-hybridized carbons (Fsp3) is 0.483. The van der Waals surface area contributed by atoms with E-state index in [-0.39, 0.29) is 30.0 Å². The minimum absolute atomic E-state index is 0.214. The molecule has 0 fully saturated rings. The third-order valence-corrected chi connectivity index (χ3v) is 5.67. The molecule has 0 spiro atoms. The summed E-state index contributed by atoms with van der Waals surface area (Å²) in [5.74, 6) is 5.83. The Morgan fingerprint density at radius 3 is 2.56 bits per heavy atom. The van der Waals surface area contributed by atoms with Gasteiger partial charge in [0.15, 0.2) is 0 Å². The number of aromatic nitrogens is 1. The van der Waals surface area contributed by atoms with Crippen molar-refractivity contribution in [2.75, 3.05) is 26.7 Å². The molecule has 0 bridgehead atoms. The highest BCUT2D eigenvalue weighted by atomic mass is 16.3. The fourth-order valence-electron chi connectivity index (χ4n) is 3.68. The second kappa shape index (κ2) is 15.0. The maximum Gasteiger partial charge on any atom is 0.272 e. The van der Waals surface area contributed by atoms with E-state index in [2.05, 4.69) is 34.4 Å². The van der Waals surface area contributed by atoms with E-state index in [9.17, 15) is 14.7 Å². The van der Waals surface area contributed by atoms with E-state index in [1.54, 1.807) is 24.9 Å². The molecule has 2 amide bonds. The zero-order chi connectivity index (χ0) is 26.5. The van der Waals surface area contributed by atoms with Gasteiger partial charge in [-0.05, 0) is 37.5 Å². The highest BCUT2D eigenvalue weighted by molar-refractivity contribution is 5.98. The second-order valence-corrected chi connectivity index (χ2v) is 9.41. The van der Waals surface area contributed by atoms with Gasteiger partial charge in [-0.3, -0.25) is 9.59 Å². The van der Waals surface area contributed by atoms with Crippen molar-refractivity contribution in [1.82, 2.24) is 20.5 Å². The number of rotatable bonds is 12. The van der Waals surface area contributed by atoms with Gasteiger partial charge in [-0.1, -0.05) is 69.4 Å². The van der Waals surface area contributed by atoms with Gasteiger partial charge in [0, 0.05) is 37.3 Å². The van der Waals surface area contributed by atoms with Crippen LogP contribution in [0.15, 0.2) is 42.5 Å². The number of unbranched alkanes of at least 4 members (excludes halogenated alkanes) is 1. The summed E-state index contributed by atoms with van der Waals surface area (Å²) >= 11 is 0. The van der Waals surface area contributed by atoms with E-state index < -0.39 is 12.1 Å². The van der Waals surface area contributed by atoms with Gasteiger partial charge < -0.3 is 20.6 Å². The van der Waals surface area contributed by atoms with E-state index >= 15 is 0 Å². The van der Waals surface area contributed by atoms with Crippen LogP contribution in [-0.2, 0) is 6.42 Å². The van der Waals surface area contributed by atoms with E-state index in [0.717, 1.165) is 18.4 Å². The average Bonchev–Trinajstić information content (AvgIpc) is 2.86. The lowest BCUT2D eigenvalue weighted by Gasteiger charge is -2.25. The summed E-state index contributed by atoms with van der Waals surface area (Å²) in [5.41, 5.74) is 2.17. The first-order valence-electron chi connectivity index (χ1n) is 12.7. The van der Waals surface area contributed by atoms with Crippen molar-refractivity contribution in [3.8, 4) is 11.8 Å². The van der Waals surface area contributed by atoms with Gasteiger partial charge in [0.25, 0.3) is 11.8 Å². The Kier molecular flexibility index (Phi) is 12.1. The number of aliphatic hydroxyl groups excluding tert-OH is 1. The molecule has 1 heterocycles. The monoisotopic (exact) mass is 492 g/mol. The molecule has 0 aliphatic carbocycles. The Morgan fingerprint density at radius 2 is 1.89 bits per heavy atom. The van der Waals surface area contributed by atoms with E-state index in [0.29, 0.717) is 30.8 Å². The molecule has 0 saturated carbocycles. The number of aryl methyl sites for hydroxylation is 1. The largest absolute Gasteiger partial charge is 0.390 e. The van der Waals surface area contributed by atoms with Gasteiger partial charge in [0.1, 0.15) is 5.69 Å². The molecule has 1 aromatic heterocycles. The average molecular weight is 493 g/mol. The number of pyridine rings is 1. The minimum atomic E-state index is -0.834. The molecule has 7 heteroatoms. The molecule has 2 rings (SSSR count). The number of nitrogens with one attached hydrogen (secondary N) is 2. The van der Waals surface area contributed by atoms with Crippen molar-refractivity contribution in [1.29, 1.82) is 0 Å². The summed E-state index contributed by atoms with van der Waals surface area (Å²) in [5, 5.41) is 17.1. The zero-order valence-corrected chi connectivity index (χ0v) is 22.2. The van der Waals surface area contributed by atoms with Gasteiger partial charge in [-0.25, -0.2) is 4.98 Å². The van der Waals surface area contributed by atoms with Crippen LogP contribution in [0.1, 0.15) is 65.7 Å². The van der Waals surface area contributed by atoms with E-state index in [1.165, 1.54) is 6.07 Å². The number of carbonyl (C=O) groups excluding carboxylic acids is 2. The standard InChI is InChI=1S/C29H40N4O3/c1-6-7-16-33(5)29(36)26-19-24(17-22(4)31-26)28(35)32-25(18-23-13-9-8-10-14-23)27(34)20-30-15-11-12-21(2)3/h8-10,13-14,17,19,21,25,27,30,34H,6-7,15-16,18,20H2,1-5H3,(H,32,35)/t25-,27+/m0/s1. The molecule has 2 aromatic rings. The molecule has 0 aliphatic rings. The third kappa shape index (κ3) is 9.80. The summed E-state index contributed by atoms with van der Waals surface area (Å²) in [4.78, 5) is 32.1. The van der Waals surface area contributed by atoms with Crippen molar-refractivity contribution < 1.29 is 14.7 Å². The summed E-state index contributed by atoms with van der Waals surface area (Å²) in [6.45, 7) is 9.26. The van der Waals surface area contributed by atoms with Gasteiger partial charge >= 0.3 is 0 Å². The summed E-state index contributed by atoms with van der Waals surface area (Å²) in [6, 6.07) is 12.4. The van der Waals surface area contributed by atoms with Crippen LogP contribution >= 0.6 is 0 Å². The maximum atomic E-state index is 13.3. The van der Waals surface area contributed by atoms with Crippen LogP contribution in [-0.4, -0.2) is 65.6 Å². The fourth-order valence-corrected chi connectivity index (χ4v) is 3.68. The lowest BCUT2D eigenvalue weighted by molar-refractivity contribution is 0.0787. The number of hydrogen-bond donors (Lipinski definition) is 3. The second-order valence-electron chi connectivity index (χ2n) is 9.41. The highest BCUT2D eigenvalue weighted by Crippen LogP contribution is 2.12. The van der Waals surface area contributed by atoms with Crippen LogP contribution < -0.4 is 10.6 Å². The lowest BCUT2D eigenvalue weighted by Crippen LogP contribution is -2.48. The predicted molar refractivity (Wildman–Crippen MR) is 144 cm³/mol. The van der Waals surface area contributed by atoms with Crippen LogP contribution in [0.2, 0.25) is 0 Å². The molecule has 0 saturated heterocycles. The van der Waals surface area contributed by atoms with Crippen LogP contribution in [0.3, 0.4) is 0 Å². The van der Waals surface area contributed by atoms with Gasteiger partial charge in [0.05, 0.1) is 18.7 Å². The van der Waals surface area contributed by atoms with Gasteiger partial charge in [-0.15, -0.1) is 0 Å². The summed E-state index contributed by atoms with van der Waals surface area (Å²) in [6.07, 6.45) is 1.51. The van der Waals surface area contributed by atoms with Crippen molar-refractivity contribution in [2.45, 2.75) is 59.1 Å². The lowest BCUT2D eigenvalue weighted by atomic mass is 10.0. The molecule has 194 valence electrons. The van der Waals surface area contributed by atoms with Crippen LogP contribution in [0.5, 0.6) is 0 Å². The molecular formula is C29H40N4O3. The minimum Gasteiger partial charge on any atom is -0.390 e. The number of hydrogen-bond acceptors (Lipinski definition) is 5. The van der Waals surface area contributed by atoms with Crippen LogP contribution in [0, 0.1) is 24.7 Å².